The van der Waals surface area contributed by atoms with Crippen molar-refractivity contribution in [2.45, 2.75) is 25.5 Å². The highest BCUT2D eigenvalue weighted by molar-refractivity contribution is 6.30. The Morgan fingerprint density at radius 3 is 2.58 bits per heavy atom. The zero-order chi connectivity index (χ0) is 17.3. The minimum atomic E-state index is -3.15. The molecule has 0 radical (unpaired) electrons. The molecule has 0 spiro atoms. The fourth-order valence-electron chi connectivity index (χ4n) is 2.41. The molecule has 0 aromatic heterocycles. The summed E-state index contributed by atoms with van der Waals surface area (Å²) in [5, 5.41) is 13.8. The third kappa shape index (κ3) is 3.68. The topological polar surface area (TPSA) is 41.5 Å². The van der Waals surface area contributed by atoms with Gasteiger partial charge < -0.3 is 15.2 Å². The maximum Gasteiger partial charge on any atom is 0.301 e. The fourth-order valence-corrected chi connectivity index (χ4v) is 2.53. The van der Waals surface area contributed by atoms with E-state index in [4.69, 9.17) is 16.3 Å². The molecule has 2 N–H and O–H groups in total. The average molecular weight is 352 g/mol. The van der Waals surface area contributed by atoms with Gasteiger partial charge in [-0.15, -0.1) is 0 Å². The van der Waals surface area contributed by atoms with Crippen molar-refractivity contribution in [1.82, 2.24) is 0 Å². The summed E-state index contributed by atoms with van der Waals surface area (Å²) in [6.07, 6.45) is -0.0803. The molecule has 0 bridgehead atoms. The summed E-state index contributed by atoms with van der Waals surface area (Å²) in [4.78, 5) is 0. The highest BCUT2D eigenvalue weighted by atomic mass is 35.5. The fraction of sp³-hybridized carbons (Fsp3) is 0.222. The first kappa shape index (κ1) is 16.7. The van der Waals surface area contributed by atoms with Crippen LogP contribution in [0.3, 0.4) is 0 Å². The van der Waals surface area contributed by atoms with Crippen LogP contribution in [0.1, 0.15) is 24.2 Å². The third-order valence-electron chi connectivity index (χ3n) is 3.70. The van der Waals surface area contributed by atoms with Crippen molar-refractivity contribution in [3.05, 3.63) is 70.4 Å². The monoisotopic (exact) mass is 351 g/mol. The minimum absolute atomic E-state index is 0.225. The number of allylic oxidation sites excluding steroid dienone is 1. The van der Waals surface area contributed by atoms with Gasteiger partial charge in [0.15, 0.2) is 5.76 Å². The van der Waals surface area contributed by atoms with E-state index in [1.165, 1.54) is 0 Å². The number of hydrogen-bond donors (Lipinski definition) is 2. The Hall–Kier alpha value is -2.11. The standard InChI is InChI=1S/C18H16ClF2NO2/c1-18(20,21)17-9-15(23)14-7-6-13(8-16(14)24-17)22-10-11-2-4-12(19)5-3-11/h2-9,15,22-23H,10H2,1H3. The molecule has 3 rings (SSSR count). The van der Waals surface area contributed by atoms with Crippen LogP contribution in [-0.2, 0) is 6.54 Å². The lowest BCUT2D eigenvalue weighted by molar-refractivity contribution is 0.0183. The largest absolute Gasteiger partial charge is 0.455 e. The minimum Gasteiger partial charge on any atom is -0.455 e. The molecule has 0 saturated carbocycles. The molecular weight excluding hydrogens is 336 g/mol. The van der Waals surface area contributed by atoms with Gasteiger partial charge in [0.25, 0.3) is 0 Å². The summed E-state index contributed by atoms with van der Waals surface area (Å²) in [5.41, 5.74) is 2.19. The number of ether oxygens (including phenoxy) is 1. The van der Waals surface area contributed by atoms with Gasteiger partial charge in [-0.25, -0.2) is 0 Å². The van der Waals surface area contributed by atoms with E-state index >= 15 is 0 Å². The number of benzene rings is 2. The van der Waals surface area contributed by atoms with E-state index in [2.05, 4.69) is 5.32 Å². The Bertz CT molecular complexity index is 770. The predicted octanol–water partition coefficient (Wildman–Crippen LogP) is 4.92. The van der Waals surface area contributed by atoms with Crippen LogP contribution >= 0.6 is 11.6 Å². The molecule has 0 saturated heterocycles. The molecule has 3 nitrogen and oxygen atoms in total. The van der Waals surface area contributed by atoms with Gasteiger partial charge >= 0.3 is 5.92 Å². The number of aliphatic hydroxyl groups is 1. The number of aliphatic hydroxyl groups excluding tert-OH is 1. The summed E-state index contributed by atoms with van der Waals surface area (Å²) in [6.45, 7) is 1.28. The van der Waals surface area contributed by atoms with Crippen LogP contribution < -0.4 is 10.1 Å². The molecule has 1 aliphatic heterocycles. The molecule has 126 valence electrons. The summed E-state index contributed by atoms with van der Waals surface area (Å²) < 4.78 is 32.2. The third-order valence-corrected chi connectivity index (χ3v) is 3.96. The molecule has 2 aromatic carbocycles. The summed E-state index contributed by atoms with van der Waals surface area (Å²) >= 11 is 5.85. The maximum atomic E-state index is 13.4. The van der Waals surface area contributed by atoms with Crippen LogP contribution in [0.2, 0.25) is 5.02 Å². The second-order valence-electron chi connectivity index (χ2n) is 5.70. The summed E-state index contributed by atoms with van der Waals surface area (Å²) in [7, 11) is 0. The lowest BCUT2D eigenvalue weighted by Crippen LogP contribution is -2.23. The molecule has 1 atom stereocenters. The van der Waals surface area contributed by atoms with Crippen molar-refractivity contribution in [3.63, 3.8) is 0 Å². The lowest BCUT2D eigenvalue weighted by atomic mass is 10.0. The van der Waals surface area contributed by atoms with E-state index < -0.39 is 17.8 Å². The first-order chi connectivity index (χ1) is 11.3. The first-order valence-electron chi connectivity index (χ1n) is 7.41. The lowest BCUT2D eigenvalue weighted by Gasteiger charge is -2.25. The van der Waals surface area contributed by atoms with Gasteiger partial charge in [-0.1, -0.05) is 29.8 Å². The molecular formula is C18H16ClF2NO2. The van der Waals surface area contributed by atoms with Gasteiger partial charge in [-0.3, -0.25) is 0 Å². The van der Waals surface area contributed by atoms with Gasteiger partial charge in [-0.05, 0) is 29.8 Å². The Balaban J connectivity index is 1.76. The number of rotatable bonds is 4. The van der Waals surface area contributed by atoms with Gasteiger partial charge in [0.2, 0.25) is 0 Å². The molecule has 24 heavy (non-hydrogen) atoms. The van der Waals surface area contributed by atoms with E-state index in [1.807, 2.05) is 12.1 Å². The number of fused-ring (bicyclic) bond motifs is 1. The van der Waals surface area contributed by atoms with Crippen LogP contribution in [0.4, 0.5) is 14.5 Å². The van der Waals surface area contributed by atoms with Crippen molar-refractivity contribution < 1.29 is 18.6 Å². The second-order valence-corrected chi connectivity index (χ2v) is 6.14. The van der Waals surface area contributed by atoms with E-state index in [0.29, 0.717) is 22.8 Å². The Morgan fingerprint density at radius 1 is 1.21 bits per heavy atom. The van der Waals surface area contributed by atoms with E-state index in [0.717, 1.165) is 18.6 Å². The SMILES string of the molecule is CC(F)(F)C1=CC(O)c2ccc(NCc3ccc(Cl)cc3)cc2O1. The quantitative estimate of drug-likeness (QED) is 0.821. The highest BCUT2D eigenvalue weighted by Crippen LogP contribution is 2.39. The van der Waals surface area contributed by atoms with Crippen molar-refractivity contribution in [1.29, 1.82) is 0 Å². The van der Waals surface area contributed by atoms with Crippen molar-refractivity contribution in [2.75, 3.05) is 5.32 Å². The average Bonchev–Trinajstić information content (AvgIpc) is 2.53. The molecule has 6 heteroatoms. The maximum absolute atomic E-state index is 13.4. The van der Waals surface area contributed by atoms with Gasteiger partial charge in [-0.2, -0.15) is 8.78 Å². The number of alkyl halides is 2. The van der Waals surface area contributed by atoms with Crippen molar-refractivity contribution in [3.8, 4) is 5.75 Å². The second kappa shape index (κ2) is 6.42. The highest BCUT2D eigenvalue weighted by Gasteiger charge is 2.34. The Morgan fingerprint density at radius 2 is 1.92 bits per heavy atom. The van der Waals surface area contributed by atoms with Crippen LogP contribution in [-0.4, -0.2) is 11.0 Å². The van der Waals surface area contributed by atoms with Gasteiger partial charge in [0.05, 0.1) is 0 Å². The predicted molar refractivity (Wildman–Crippen MR) is 89.5 cm³/mol. The smallest absolute Gasteiger partial charge is 0.301 e. The van der Waals surface area contributed by atoms with Crippen molar-refractivity contribution >= 4 is 17.3 Å². The van der Waals surface area contributed by atoms with Gasteiger partial charge in [0, 0.05) is 35.8 Å². The number of hydrogen-bond acceptors (Lipinski definition) is 3. The first-order valence-corrected chi connectivity index (χ1v) is 7.79. The number of anilines is 1. The normalized spacial score (nSPS) is 16.9. The molecule has 0 amide bonds. The summed E-state index contributed by atoms with van der Waals surface area (Å²) in [6, 6.07) is 12.4. The molecule has 1 aliphatic rings. The van der Waals surface area contributed by atoms with Crippen LogP contribution in [0, 0.1) is 0 Å². The molecule has 0 aliphatic carbocycles. The Labute approximate surface area is 143 Å². The van der Waals surface area contributed by atoms with E-state index in [1.54, 1.807) is 30.3 Å². The number of nitrogens with one attached hydrogen (secondary N) is 1. The van der Waals surface area contributed by atoms with Gasteiger partial charge in [0.1, 0.15) is 11.9 Å². The summed E-state index contributed by atoms with van der Waals surface area (Å²) in [5.74, 6) is -3.47. The molecule has 0 fully saturated rings. The van der Waals surface area contributed by atoms with E-state index in [-0.39, 0.29) is 5.75 Å². The number of halogens is 3. The van der Waals surface area contributed by atoms with E-state index in [9.17, 15) is 13.9 Å². The zero-order valence-electron chi connectivity index (χ0n) is 12.9. The Kier molecular flexibility index (Phi) is 4.47. The van der Waals surface area contributed by atoms with Crippen LogP contribution in [0.15, 0.2) is 54.3 Å². The van der Waals surface area contributed by atoms with Crippen molar-refractivity contribution in [2.24, 2.45) is 0 Å². The van der Waals surface area contributed by atoms with Crippen LogP contribution in [0.5, 0.6) is 5.75 Å². The molecule has 2 aromatic rings. The molecule has 1 unspecified atom stereocenters. The van der Waals surface area contributed by atoms with Crippen LogP contribution in [0.25, 0.3) is 0 Å². The zero-order valence-corrected chi connectivity index (χ0v) is 13.6. The molecule has 1 heterocycles.